The van der Waals surface area contributed by atoms with E-state index < -0.39 is 6.10 Å². The Hall–Kier alpha value is -0.610. The normalized spacial score (nSPS) is 12.7. The predicted molar refractivity (Wildman–Crippen MR) is 40.7 cm³/mol. The van der Waals surface area contributed by atoms with Crippen LogP contribution in [0.4, 0.5) is 0 Å². The molecule has 0 heterocycles. The standard InChI is InChI=1S/C7H15NO3/c1-4-6(9)5-7(10)8(2)11-3/h6,9H,4-5H2,1-3H3. The van der Waals surface area contributed by atoms with Gasteiger partial charge in [-0.05, 0) is 6.42 Å². The molecule has 4 heteroatoms. The lowest BCUT2D eigenvalue weighted by Crippen LogP contribution is -2.28. The molecule has 0 rings (SSSR count). The Morgan fingerprint density at radius 2 is 2.27 bits per heavy atom. The molecule has 1 N–H and O–H groups in total. The van der Waals surface area contributed by atoms with E-state index >= 15 is 0 Å². The molecular weight excluding hydrogens is 146 g/mol. The van der Waals surface area contributed by atoms with Crippen molar-refractivity contribution in [2.24, 2.45) is 0 Å². The van der Waals surface area contributed by atoms with Gasteiger partial charge in [-0.3, -0.25) is 9.63 Å². The van der Waals surface area contributed by atoms with Crippen LogP contribution < -0.4 is 0 Å². The van der Waals surface area contributed by atoms with Crippen LogP contribution >= 0.6 is 0 Å². The summed E-state index contributed by atoms with van der Waals surface area (Å²) in [7, 11) is 2.93. The predicted octanol–water partition coefficient (Wildman–Crippen LogP) is 0.167. The van der Waals surface area contributed by atoms with Crippen LogP contribution in [0.1, 0.15) is 19.8 Å². The van der Waals surface area contributed by atoms with Gasteiger partial charge < -0.3 is 5.11 Å². The summed E-state index contributed by atoms with van der Waals surface area (Å²) in [6.07, 6.45) is 0.157. The molecule has 0 saturated carbocycles. The Labute approximate surface area is 66.7 Å². The van der Waals surface area contributed by atoms with Gasteiger partial charge in [-0.15, -0.1) is 0 Å². The third-order valence-electron chi connectivity index (χ3n) is 1.51. The first kappa shape index (κ1) is 10.4. The number of aliphatic hydroxyl groups is 1. The van der Waals surface area contributed by atoms with E-state index in [9.17, 15) is 4.79 Å². The van der Waals surface area contributed by atoms with Gasteiger partial charge in [0.15, 0.2) is 0 Å². The van der Waals surface area contributed by atoms with Gasteiger partial charge in [-0.2, -0.15) is 0 Å². The summed E-state index contributed by atoms with van der Waals surface area (Å²) in [6.45, 7) is 1.82. The van der Waals surface area contributed by atoms with Crippen LogP contribution in [0.25, 0.3) is 0 Å². The highest BCUT2D eigenvalue weighted by Gasteiger charge is 2.12. The monoisotopic (exact) mass is 161 g/mol. The lowest BCUT2D eigenvalue weighted by atomic mass is 10.2. The van der Waals surface area contributed by atoms with Gasteiger partial charge in [0.05, 0.1) is 19.6 Å². The summed E-state index contributed by atoms with van der Waals surface area (Å²) in [6, 6.07) is 0. The van der Waals surface area contributed by atoms with Crippen LogP contribution in [-0.4, -0.2) is 36.3 Å². The molecule has 11 heavy (non-hydrogen) atoms. The molecule has 0 radical (unpaired) electrons. The van der Waals surface area contributed by atoms with E-state index in [1.165, 1.54) is 14.2 Å². The van der Waals surface area contributed by atoms with E-state index in [1.807, 2.05) is 6.92 Å². The van der Waals surface area contributed by atoms with E-state index in [1.54, 1.807) is 0 Å². The molecular formula is C7H15NO3. The highest BCUT2D eigenvalue weighted by atomic mass is 16.7. The van der Waals surface area contributed by atoms with Crippen molar-refractivity contribution in [2.75, 3.05) is 14.2 Å². The van der Waals surface area contributed by atoms with Crippen LogP contribution in [0.5, 0.6) is 0 Å². The molecule has 1 atom stereocenters. The van der Waals surface area contributed by atoms with Crippen LogP contribution in [0.15, 0.2) is 0 Å². The first-order chi connectivity index (χ1) is 5.11. The molecule has 0 spiro atoms. The molecule has 0 aliphatic rings. The number of aliphatic hydroxyl groups excluding tert-OH is 1. The van der Waals surface area contributed by atoms with Crippen LogP contribution in [-0.2, 0) is 9.63 Å². The van der Waals surface area contributed by atoms with Crippen molar-refractivity contribution >= 4 is 5.91 Å². The highest BCUT2D eigenvalue weighted by molar-refractivity contribution is 5.75. The Bertz CT molecular complexity index is 127. The highest BCUT2D eigenvalue weighted by Crippen LogP contribution is 1.99. The summed E-state index contributed by atoms with van der Waals surface area (Å²) in [5.41, 5.74) is 0. The number of amides is 1. The molecule has 1 unspecified atom stereocenters. The van der Waals surface area contributed by atoms with Gasteiger partial charge in [0, 0.05) is 7.05 Å². The Balaban J connectivity index is 3.68. The maximum absolute atomic E-state index is 11.0. The fourth-order valence-corrected chi connectivity index (χ4v) is 0.576. The first-order valence-corrected chi connectivity index (χ1v) is 3.60. The van der Waals surface area contributed by atoms with Gasteiger partial charge >= 0.3 is 0 Å². The third-order valence-corrected chi connectivity index (χ3v) is 1.51. The molecule has 0 aromatic rings. The number of hydrogen-bond donors (Lipinski definition) is 1. The third kappa shape index (κ3) is 3.95. The second kappa shape index (κ2) is 5.09. The molecule has 4 nitrogen and oxygen atoms in total. The summed E-state index contributed by atoms with van der Waals surface area (Å²) in [5, 5.41) is 10.2. The fourth-order valence-electron chi connectivity index (χ4n) is 0.576. The molecule has 1 amide bonds. The molecule has 66 valence electrons. The van der Waals surface area contributed by atoms with E-state index in [4.69, 9.17) is 5.11 Å². The second-order valence-corrected chi connectivity index (χ2v) is 2.34. The minimum Gasteiger partial charge on any atom is -0.393 e. The SMILES string of the molecule is CCC(O)CC(=O)N(C)OC. The van der Waals surface area contributed by atoms with Crippen LogP contribution in [0, 0.1) is 0 Å². The van der Waals surface area contributed by atoms with Crippen molar-refractivity contribution in [3.05, 3.63) is 0 Å². The first-order valence-electron chi connectivity index (χ1n) is 3.60. The molecule has 0 aromatic carbocycles. The summed E-state index contributed by atoms with van der Waals surface area (Å²) in [4.78, 5) is 15.6. The zero-order valence-corrected chi connectivity index (χ0v) is 7.20. The minimum atomic E-state index is -0.555. The quantitative estimate of drug-likeness (QED) is 0.598. The van der Waals surface area contributed by atoms with Crippen molar-refractivity contribution < 1.29 is 14.7 Å². The molecule has 0 fully saturated rings. The van der Waals surface area contributed by atoms with E-state index in [2.05, 4.69) is 4.84 Å². The lowest BCUT2D eigenvalue weighted by Gasteiger charge is -2.15. The second-order valence-electron chi connectivity index (χ2n) is 2.34. The maximum Gasteiger partial charge on any atom is 0.248 e. The number of hydroxylamine groups is 2. The lowest BCUT2D eigenvalue weighted by molar-refractivity contribution is -0.170. The number of hydrogen-bond acceptors (Lipinski definition) is 3. The van der Waals surface area contributed by atoms with Crippen molar-refractivity contribution in [3.8, 4) is 0 Å². The topological polar surface area (TPSA) is 49.8 Å². The largest absolute Gasteiger partial charge is 0.393 e. The van der Waals surface area contributed by atoms with Crippen LogP contribution in [0.3, 0.4) is 0 Å². The average molecular weight is 161 g/mol. The number of rotatable bonds is 4. The Kier molecular flexibility index (Phi) is 4.81. The van der Waals surface area contributed by atoms with Crippen molar-refractivity contribution in [1.29, 1.82) is 0 Å². The molecule has 0 bridgehead atoms. The minimum absolute atomic E-state index is 0.126. The summed E-state index contributed by atoms with van der Waals surface area (Å²) < 4.78 is 0. The molecule has 0 aliphatic heterocycles. The number of carbonyl (C=O) groups excluding carboxylic acids is 1. The molecule has 0 aliphatic carbocycles. The van der Waals surface area contributed by atoms with E-state index in [0.29, 0.717) is 6.42 Å². The molecule has 0 saturated heterocycles. The van der Waals surface area contributed by atoms with Crippen molar-refractivity contribution in [3.63, 3.8) is 0 Å². The van der Waals surface area contributed by atoms with Gasteiger partial charge in [-0.1, -0.05) is 6.92 Å². The molecule has 0 aromatic heterocycles. The van der Waals surface area contributed by atoms with E-state index in [-0.39, 0.29) is 12.3 Å². The number of carbonyl (C=O) groups is 1. The average Bonchev–Trinajstić information content (AvgIpc) is 2.02. The van der Waals surface area contributed by atoms with E-state index in [0.717, 1.165) is 5.06 Å². The number of nitrogens with zero attached hydrogens (tertiary/aromatic N) is 1. The van der Waals surface area contributed by atoms with Gasteiger partial charge in [0.2, 0.25) is 5.91 Å². The van der Waals surface area contributed by atoms with Gasteiger partial charge in [-0.25, -0.2) is 5.06 Å². The Morgan fingerprint density at radius 1 is 1.73 bits per heavy atom. The van der Waals surface area contributed by atoms with Gasteiger partial charge in [0.25, 0.3) is 0 Å². The fraction of sp³-hybridized carbons (Fsp3) is 0.857. The van der Waals surface area contributed by atoms with Gasteiger partial charge in [0.1, 0.15) is 0 Å². The summed E-state index contributed by atoms with van der Waals surface area (Å²) >= 11 is 0. The van der Waals surface area contributed by atoms with Crippen molar-refractivity contribution in [2.45, 2.75) is 25.9 Å². The zero-order valence-electron chi connectivity index (χ0n) is 7.20. The zero-order chi connectivity index (χ0) is 8.85. The Morgan fingerprint density at radius 3 is 2.64 bits per heavy atom. The smallest absolute Gasteiger partial charge is 0.248 e. The van der Waals surface area contributed by atoms with Crippen LogP contribution in [0.2, 0.25) is 0 Å². The summed E-state index contributed by atoms with van der Waals surface area (Å²) in [5.74, 6) is -0.207. The van der Waals surface area contributed by atoms with Crippen molar-refractivity contribution in [1.82, 2.24) is 5.06 Å². The maximum atomic E-state index is 11.0.